The minimum absolute atomic E-state index is 0.105. The van der Waals surface area contributed by atoms with Crippen LogP contribution in [0.15, 0.2) is 11.1 Å². The van der Waals surface area contributed by atoms with Crippen LogP contribution in [0.3, 0.4) is 0 Å². The van der Waals surface area contributed by atoms with Crippen molar-refractivity contribution in [3.05, 3.63) is 11.1 Å². The molecular weight excluding hydrogens is 148 g/mol. The summed E-state index contributed by atoms with van der Waals surface area (Å²) in [6.45, 7) is 1.28. The molecule has 0 aliphatic rings. The monoisotopic (exact) mass is 154 g/mol. The van der Waals surface area contributed by atoms with Crippen LogP contribution in [0.2, 0.25) is 0 Å². The van der Waals surface area contributed by atoms with Gasteiger partial charge >= 0.3 is 5.97 Å². The Hall–Kier alpha value is -1.63. The molecule has 0 aliphatic carbocycles. The molecule has 4 nitrogen and oxygen atoms in total. The molecule has 0 radical (unpaired) electrons. The Balaban J connectivity index is 4.87. The van der Waals surface area contributed by atoms with Crippen molar-refractivity contribution in [3.63, 3.8) is 0 Å². The minimum atomic E-state index is -0.874. The SMILES string of the molecule is COC(=O)C(=C=O)C(C)=C=O. The highest BCUT2D eigenvalue weighted by atomic mass is 16.5. The summed E-state index contributed by atoms with van der Waals surface area (Å²) in [7, 11) is 1.11. The van der Waals surface area contributed by atoms with Crippen LogP contribution < -0.4 is 0 Å². The molecule has 0 aliphatic heterocycles. The maximum Gasteiger partial charge on any atom is 0.350 e. The Labute approximate surface area is 63.1 Å². The van der Waals surface area contributed by atoms with Crippen LogP contribution in [0, 0.1) is 0 Å². The number of carbonyl (C=O) groups is 1. The van der Waals surface area contributed by atoms with Gasteiger partial charge in [0.25, 0.3) is 0 Å². The fourth-order valence-corrected chi connectivity index (χ4v) is 0.424. The van der Waals surface area contributed by atoms with E-state index in [0.717, 1.165) is 7.11 Å². The van der Waals surface area contributed by atoms with E-state index in [1.54, 1.807) is 0 Å². The van der Waals surface area contributed by atoms with Gasteiger partial charge in [-0.25, -0.2) is 14.4 Å². The van der Waals surface area contributed by atoms with Crippen molar-refractivity contribution in [2.75, 3.05) is 7.11 Å². The maximum atomic E-state index is 10.6. The second-order valence-electron chi connectivity index (χ2n) is 1.70. The van der Waals surface area contributed by atoms with Crippen molar-refractivity contribution >= 4 is 17.9 Å². The predicted octanol–water partition coefficient (Wildman–Crippen LogP) is -0.305. The number of esters is 1. The molecule has 0 saturated heterocycles. The Morgan fingerprint density at radius 1 is 1.27 bits per heavy atom. The van der Waals surface area contributed by atoms with E-state index in [1.165, 1.54) is 18.8 Å². The molecule has 58 valence electrons. The lowest BCUT2D eigenvalue weighted by Crippen LogP contribution is -2.06. The van der Waals surface area contributed by atoms with E-state index in [0.29, 0.717) is 0 Å². The number of rotatable bonds is 2. The minimum Gasteiger partial charge on any atom is -0.465 e. The maximum absolute atomic E-state index is 10.6. The van der Waals surface area contributed by atoms with Gasteiger partial charge in [0.2, 0.25) is 0 Å². The fraction of sp³-hybridized carbons (Fsp3) is 0.286. The first-order chi connectivity index (χ1) is 5.17. The van der Waals surface area contributed by atoms with Crippen LogP contribution in [-0.4, -0.2) is 25.0 Å². The van der Waals surface area contributed by atoms with E-state index in [2.05, 4.69) is 4.74 Å². The van der Waals surface area contributed by atoms with E-state index < -0.39 is 11.5 Å². The molecule has 0 heterocycles. The first-order valence-electron chi connectivity index (χ1n) is 2.72. The van der Waals surface area contributed by atoms with Crippen LogP contribution in [0.1, 0.15) is 6.92 Å². The Morgan fingerprint density at radius 2 is 1.82 bits per heavy atom. The second kappa shape index (κ2) is 4.23. The van der Waals surface area contributed by atoms with Gasteiger partial charge in [-0.1, -0.05) is 0 Å². The molecule has 0 aromatic carbocycles. The summed E-state index contributed by atoms with van der Waals surface area (Å²) >= 11 is 0. The third-order valence-electron chi connectivity index (χ3n) is 1.02. The number of hydrogen-bond donors (Lipinski definition) is 0. The van der Waals surface area contributed by atoms with Gasteiger partial charge < -0.3 is 4.74 Å². The molecule has 0 amide bonds. The van der Waals surface area contributed by atoms with Gasteiger partial charge in [-0.2, -0.15) is 0 Å². The number of hydrogen-bond acceptors (Lipinski definition) is 4. The van der Waals surface area contributed by atoms with Crippen molar-refractivity contribution in [1.29, 1.82) is 0 Å². The van der Waals surface area contributed by atoms with E-state index in [-0.39, 0.29) is 5.57 Å². The van der Waals surface area contributed by atoms with Gasteiger partial charge in [0.1, 0.15) is 11.9 Å². The quantitative estimate of drug-likeness (QED) is 0.237. The first-order valence-corrected chi connectivity index (χ1v) is 2.72. The second-order valence-corrected chi connectivity index (χ2v) is 1.70. The molecule has 0 spiro atoms. The zero-order valence-corrected chi connectivity index (χ0v) is 6.13. The van der Waals surface area contributed by atoms with Crippen molar-refractivity contribution in [1.82, 2.24) is 0 Å². The van der Waals surface area contributed by atoms with Gasteiger partial charge in [0, 0.05) is 0 Å². The zero-order valence-electron chi connectivity index (χ0n) is 6.13. The Bertz CT molecular complexity index is 264. The van der Waals surface area contributed by atoms with Crippen molar-refractivity contribution in [2.24, 2.45) is 0 Å². The molecule has 0 saturated carbocycles. The first kappa shape index (κ1) is 9.37. The highest BCUT2D eigenvalue weighted by molar-refractivity contribution is 6.03. The van der Waals surface area contributed by atoms with Crippen LogP contribution >= 0.6 is 0 Å². The molecule has 4 heteroatoms. The average molecular weight is 154 g/mol. The van der Waals surface area contributed by atoms with Crippen molar-refractivity contribution in [3.8, 4) is 0 Å². The highest BCUT2D eigenvalue weighted by Gasteiger charge is 2.13. The molecule has 0 N–H and O–H groups in total. The zero-order chi connectivity index (χ0) is 8.85. The van der Waals surface area contributed by atoms with Gasteiger partial charge in [-0.15, -0.1) is 0 Å². The summed E-state index contributed by atoms with van der Waals surface area (Å²) in [5, 5.41) is 0. The summed E-state index contributed by atoms with van der Waals surface area (Å²) in [6, 6.07) is 0. The standard InChI is InChI=1S/C7H6O4/c1-5(3-8)6(4-9)7(10)11-2/h1-2H3. The van der Waals surface area contributed by atoms with Crippen LogP contribution in [-0.2, 0) is 19.1 Å². The van der Waals surface area contributed by atoms with Crippen LogP contribution in [0.5, 0.6) is 0 Å². The third kappa shape index (κ3) is 2.22. The van der Waals surface area contributed by atoms with Crippen LogP contribution in [0.4, 0.5) is 0 Å². The lowest BCUT2D eigenvalue weighted by molar-refractivity contribution is -0.135. The van der Waals surface area contributed by atoms with E-state index >= 15 is 0 Å². The largest absolute Gasteiger partial charge is 0.465 e. The van der Waals surface area contributed by atoms with Gasteiger partial charge in [-0.05, 0) is 6.92 Å². The summed E-state index contributed by atoms with van der Waals surface area (Å²) in [5.41, 5.74) is -0.519. The molecule has 0 fully saturated rings. The summed E-state index contributed by atoms with van der Waals surface area (Å²) < 4.78 is 4.19. The third-order valence-corrected chi connectivity index (χ3v) is 1.02. The Morgan fingerprint density at radius 3 is 2.09 bits per heavy atom. The fourth-order valence-electron chi connectivity index (χ4n) is 0.424. The number of carbonyl (C=O) groups excluding carboxylic acids is 3. The summed E-state index contributed by atoms with van der Waals surface area (Å²) in [4.78, 5) is 30.6. The van der Waals surface area contributed by atoms with Crippen molar-refractivity contribution in [2.45, 2.75) is 6.92 Å². The highest BCUT2D eigenvalue weighted by Crippen LogP contribution is 2.02. The molecule has 0 aromatic heterocycles. The molecule has 0 aromatic rings. The summed E-state index contributed by atoms with van der Waals surface area (Å²) in [6.07, 6.45) is 0. The number of ether oxygens (including phenoxy) is 1. The van der Waals surface area contributed by atoms with E-state index in [4.69, 9.17) is 0 Å². The van der Waals surface area contributed by atoms with E-state index in [1.807, 2.05) is 0 Å². The predicted molar refractivity (Wildman–Crippen MR) is 36.1 cm³/mol. The summed E-state index contributed by atoms with van der Waals surface area (Å²) in [5.74, 6) is 1.82. The molecule has 0 rings (SSSR count). The smallest absolute Gasteiger partial charge is 0.350 e. The molecular formula is C7H6O4. The number of methoxy groups -OCH3 is 1. The molecule has 0 bridgehead atoms. The Kier molecular flexibility index (Phi) is 3.60. The van der Waals surface area contributed by atoms with Gasteiger partial charge in [0.05, 0.1) is 12.7 Å². The van der Waals surface area contributed by atoms with Crippen molar-refractivity contribution < 1.29 is 19.1 Å². The van der Waals surface area contributed by atoms with Gasteiger partial charge in [-0.3, -0.25) is 0 Å². The van der Waals surface area contributed by atoms with Gasteiger partial charge in [0.15, 0.2) is 5.57 Å². The van der Waals surface area contributed by atoms with Crippen LogP contribution in [0.25, 0.3) is 0 Å². The molecule has 0 atom stereocenters. The lowest BCUT2D eigenvalue weighted by atomic mass is 10.1. The normalized spacial score (nSPS) is 7.45. The topological polar surface area (TPSA) is 60.4 Å². The molecule has 11 heavy (non-hydrogen) atoms. The lowest BCUT2D eigenvalue weighted by Gasteiger charge is -1.95. The molecule has 0 unspecified atom stereocenters. The van der Waals surface area contributed by atoms with E-state index in [9.17, 15) is 14.4 Å². The average Bonchev–Trinajstić information content (AvgIpc) is 2.05.